The SMILES string of the molecule is O=C(O)N1CCC(Oc2nc(Br)cnc2-n2cccc2)CC1. The van der Waals surface area contributed by atoms with Gasteiger partial charge in [-0.25, -0.2) is 14.8 Å². The van der Waals surface area contributed by atoms with Gasteiger partial charge in [0.1, 0.15) is 10.7 Å². The van der Waals surface area contributed by atoms with Crippen LogP contribution >= 0.6 is 15.9 Å². The molecule has 3 heterocycles. The normalized spacial score (nSPS) is 15.8. The summed E-state index contributed by atoms with van der Waals surface area (Å²) >= 11 is 3.30. The van der Waals surface area contributed by atoms with Crippen molar-refractivity contribution in [2.45, 2.75) is 18.9 Å². The summed E-state index contributed by atoms with van der Waals surface area (Å²) in [7, 11) is 0. The molecule has 0 saturated carbocycles. The van der Waals surface area contributed by atoms with Gasteiger partial charge in [-0.15, -0.1) is 0 Å². The second-order valence-corrected chi connectivity index (χ2v) is 5.81. The van der Waals surface area contributed by atoms with Crippen molar-refractivity contribution in [2.75, 3.05) is 13.1 Å². The third-order valence-corrected chi connectivity index (χ3v) is 3.91. The third kappa shape index (κ3) is 3.22. The summed E-state index contributed by atoms with van der Waals surface area (Å²) in [6.45, 7) is 0.945. The Hall–Kier alpha value is -2.09. The summed E-state index contributed by atoms with van der Waals surface area (Å²) in [6, 6.07) is 3.80. The number of carboxylic acid groups (broad SMARTS) is 1. The molecule has 0 bridgehead atoms. The molecule has 1 aliphatic heterocycles. The number of carbonyl (C=O) groups is 1. The van der Waals surface area contributed by atoms with Crippen molar-refractivity contribution in [3.63, 3.8) is 0 Å². The van der Waals surface area contributed by atoms with Crippen molar-refractivity contribution >= 4 is 22.0 Å². The summed E-state index contributed by atoms with van der Waals surface area (Å²) in [5.41, 5.74) is 0. The van der Waals surface area contributed by atoms with E-state index in [0.717, 1.165) is 0 Å². The molecule has 0 aliphatic carbocycles. The van der Waals surface area contributed by atoms with Crippen molar-refractivity contribution in [3.8, 4) is 11.7 Å². The predicted octanol–water partition coefficient (Wildman–Crippen LogP) is 2.55. The Morgan fingerprint density at radius 1 is 1.32 bits per heavy atom. The number of hydrogen-bond acceptors (Lipinski definition) is 4. The molecule has 1 N–H and O–H groups in total. The number of rotatable bonds is 3. The van der Waals surface area contributed by atoms with Gasteiger partial charge in [0.05, 0.1) is 6.20 Å². The van der Waals surface area contributed by atoms with Gasteiger partial charge in [-0.1, -0.05) is 0 Å². The van der Waals surface area contributed by atoms with Crippen LogP contribution in [0.15, 0.2) is 35.3 Å². The van der Waals surface area contributed by atoms with Gasteiger partial charge < -0.3 is 19.3 Å². The Labute approximate surface area is 135 Å². The van der Waals surface area contributed by atoms with Crippen molar-refractivity contribution < 1.29 is 14.6 Å². The first-order valence-corrected chi connectivity index (χ1v) is 7.73. The molecule has 1 saturated heterocycles. The zero-order chi connectivity index (χ0) is 15.5. The molecule has 1 amide bonds. The fourth-order valence-corrected chi connectivity index (χ4v) is 2.66. The molecule has 1 fully saturated rings. The minimum atomic E-state index is -0.881. The van der Waals surface area contributed by atoms with Crippen LogP contribution in [0.3, 0.4) is 0 Å². The fraction of sp³-hybridized carbons (Fsp3) is 0.357. The molecule has 3 rings (SSSR count). The highest BCUT2D eigenvalue weighted by molar-refractivity contribution is 9.10. The Morgan fingerprint density at radius 3 is 2.64 bits per heavy atom. The van der Waals surface area contributed by atoms with E-state index in [-0.39, 0.29) is 6.10 Å². The number of piperidine rings is 1. The van der Waals surface area contributed by atoms with Crippen LogP contribution in [0.1, 0.15) is 12.8 Å². The summed E-state index contributed by atoms with van der Waals surface area (Å²) in [4.78, 5) is 21.0. The molecule has 0 aromatic carbocycles. The smallest absolute Gasteiger partial charge is 0.407 e. The zero-order valence-corrected chi connectivity index (χ0v) is 13.3. The maximum atomic E-state index is 10.9. The molecule has 1 aliphatic rings. The van der Waals surface area contributed by atoms with Gasteiger partial charge in [0.15, 0.2) is 5.82 Å². The molecule has 2 aromatic rings. The summed E-state index contributed by atoms with van der Waals surface area (Å²) in [5, 5.41) is 8.97. The second kappa shape index (κ2) is 6.35. The zero-order valence-electron chi connectivity index (χ0n) is 11.7. The van der Waals surface area contributed by atoms with Gasteiger partial charge in [-0.3, -0.25) is 0 Å². The molecule has 2 aromatic heterocycles. The van der Waals surface area contributed by atoms with Gasteiger partial charge in [-0.2, -0.15) is 0 Å². The largest absolute Gasteiger partial charge is 0.472 e. The van der Waals surface area contributed by atoms with Crippen LogP contribution in [0, 0.1) is 0 Å². The average molecular weight is 367 g/mol. The van der Waals surface area contributed by atoms with E-state index in [1.165, 1.54) is 4.90 Å². The first-order chi connectivity index (χ1) is 10.6. The van der Waals surface area contributed by atoms with E-state index < -0.39 is 6.09 Å². The lowest BCUT2D eigenvalue weighted by molar-refractivity contribution is 0.0867. The molecule has 22 heavy (non-hydrogen) atoms. The second-order valence-electron chi connectivity index (χ2n) is 5.00. The van der Waals surface area contributed by atoms with Gasteiger partial charge in [0.25, 0.3) is 5.88 Å². The topological polar surface area (TPSA) is 80.5 Å². The maximum absolute atomic E-state index is 10.9. The molecule has 0 unspecified atom stereocenters. The Balaban J connectivity index is 1.75. The highest BCUT2D eigenvalue weighted by Crippen LogP contribution is 2.24. The number of hydrogen-bond donors (Lipinski definition) is 1. The molecular weight excluding hydrogens is 352 g/mol. The average Bonchev–Trinajstić information content (AvgIpc) is 3.02. The van der Waals surface area contributed by atoms with E-state index >= 15 is 0 Å². The van der Waals surface area contributed by atoms with Gasteiger partial charge in [-0.05, 0) is 28.1 Å². The van der Waals surface area contributed by atoms with Gasteiger partial charge in [0, 0.05) is 38.3 Å². The van der Waals surface area contributed by atoms with Gasteiger partial charge in [0.2, 0.25) is 0 Å². The summed E-state index contributed by atoms with van der Waals surface area (Å²) in [5.74, 6) is 1.06. The minimum Gasteiger partial charge on any atom is -0.472 e. The summed E-state index contributed by atoms with van der Waals surface area (Å²) < 4.78 is 8.41. The molecular formula is C14H15BrN4O3. The maximum Gasteiger partial charge on any atom is 0.407 e. The van der Waals surface area contributed by atoms with E-state index in [9.17, 15) is 4.79 Å². The van der Waals surface area contributed by atoms with Crippen molar-refractivity contribution in [1.82, 2.24) is 19.4 Å². The van der Waals surface area contributed by atoms with E-state index in [4.69, 9.17) is 9.84 Å². The molecule has 0 radical (unpaired) electrons. The standard InChI is InChI=1S/C14H15BrN4O3/c15-11-9-16-12(18-5-1-2-6-18)13(17-11)22-10-3-7-19(8-4-10)14(20)21/h1-2,5-6,9-10H,3-4,7-8H2,(H,20,21). The minimum absolute atomic E-state index is 0.0616. The Bertz CT molecular complexity index is 654. The monoisotopic (exact) mass is 366 g/mol. The van der Waals surface area contributed by atoms with E-state index in [1.807, 2.05) is 29.1 Å². The van der Waals surface area contributed by atoms with Crippen LogP contribution in [0.2, 0.25) is 0 Å². The number of nitrogens with zero attached hydrogens (tertiary/aromatic N) is 4. The Kier molecular flexibility index (Phi) is 4.28. The van der Waals surface area contributed by atoms with Crippen LogP contribution in [0.4, 0.5) is 4.79 Å². The summed E-state index contributed by atoms with van der Waals surface area (Å²) in [6.07, 6.45) is 5.71. The van der Waals surface area contributed by atoms with E-state index in [0.29, 0.717) is 42.2 Å². The van der Waals surface area contributed by atoms with E-state index in [2.05, 4.69) is 25.9 Å². The number of likely N-dealkylation sites (tertiary alicyclic amines) is 1. The molecule has 0 spiro atoms. The first kappa shape index (κ1) is 14.8. The lowest BCUT2D eigenvalue weighted by atomic mass is 10.1. The third-order valence-electron chi connectivity index (χ3n) is 3.53. The fourth-order valence-electron chi connectivity index (χ4n) is 2.40. The molecule has 8 heteroatoms. The predicted molar refractivity (Wildman–Crippen MR) is 82.3 cm³/mol. The Morgan fingerprint density at radius 2 is 2.00 bits per heavy atom. The number of amides is 1. The van der Waals surface area contributed by atoms with Crippen molar-refractivity contribution in [1.29, 1.82) is 0 Å². The van der Waals surface area contributed by atoms with Crippen LogP contribution in [0.5, 0.6) is 5.88 Å². The van der Waals surface area contributed by atoms with Crippen LogP contribution < -0.4 is 4.74 Å². The highest BCUT2D eigenvalue weighted by atomic mass is 79.9. The van der Waals surface area contributed by atoms with Crippen molar-refractivity contribution in [2.24, 2.45) is 0 Å². The lowest BCUT2D eigenvalue weighted by Crippen LogP contribution is -2.41. The number of halogens is 1. The number of ether oxygens (including phenoxy) is 1. The lowest BCUT2D eigenvalue weighted by Gasteiger charge is -2.30. The van der Waals surface area contributed by atoms with Crippen molar-refractivity contribution in [3.05, 3.63) is 35.3 Å². The first-order valence-electron chi connectivity index (χ1n) is 6.94. The molecule has 116 valence electrons. The quantitative estimate of drug-likeness (QED) is 0.902. The van der Waals surface area contributed by atoms with E-state index in [1.54, 1.807) is 6.20 Å². The van der Waals surface area contributed by atoms with Crippen LogP contribution in [-0.4, -0.2) is 49.8 Å². The molecule has 7 nitrogen and oxygen atoms in total. The number of aromatic nitrogens is 3. The van der Waals surface area contributed by atoms with Crippen LogP contribution in [-0.2, 0) is 0 Å². The highest BCUT2D eigenvalue weighted by Gasteiger charge is 2.25. The van der Waals surface area contributed by atoms with Gasteiger partial charge >= 0.3 is 6.09 Å². The molecule has 0 atom stereocenters. The van der Waals surface area contributed by atoms with Crippen LogP contribution in [0.25, 0.3) is 5.82 Å².